The molecule has 0 radical (unpaired) electrons. The van der Waals surface area contributed by atoms with Crippen molar-refractivity contribution in [3.05, 3.63) is 81.5 Å². The topological polar surface area (TPSA) is 76.2 Å². The summed E-state index contributed by atoms with van der Waals surface area (Å²) in [7, 11) is -3.89. The number of carbonyl (C=O) groups is 1. The highest BCUT2D eigenvalue weighted by atomic mass is 32.2. The number of fused-ring (bicyclic) bond motifs is 1. The molecule has 0 N–H and O–H groups in total. The third-order valence-corrected chi connectivity index (χ3v) is 10.1. The Kier molecular flexibility index (Phi) is 8.18. The number of thiophene rings is 1. The van der Waals surface area contributed by atoms with Crippen LogP contribution in [0.25, 0.3) is 0 Å². The fourth-order valence-electron chi connectivity index (χ4n) is 5.05. The van der Waals surface area contributed by atoms with Crippen LogP contribution in [0.15, 0.2) is 64.9 Å². The first-order valence-corrected chi connectivity index (χ1v) is 15.4. The van der Waals surface area contributed by atoms with Crippen LogP contribution in [0.5, 0.6) is 5.75 Å². The third kappa shape index (κ3) is 5.96. The van der Waals surface area contributed by atoms with Crippen molar-refractivity contribution >= 4 is 27.3 Å². The smallest absolute Gasteiger partial charge is 0.243 e. The lowest BCUT2D eigenvalue weighted by atomic mass is 10.0. The van der Waals surface area contributed by atoms with Crippen molar-refractivity contribution in [3.8, 4) is 5.75 Å². The first-order chi connectivity index (χ1) is 18.3. The zero-order valence-electron chi connectivity index (χ0n) is 21.8. The van der Waals surface area contributed by atoms with Crippen LogP contribution in [-0.4, -0.2) is 62.5 Å². The highest BCUT2D eigenvalue weighted by Crippen LogP contribution is 2.34. The first-order valence-electron chi connectivity index (χ1n) is 13.0. The number of ether oxygens (including phenoxy) is 2. The van der Waals surface area contributed by atoms with Crippen molar-refractivity contribution in [1.82, 2.24) is 9.21 Å². The Morgan fingerprint density at radius 1 is 1.08 bits per heavy atom. The van der Waals surface area contributed by atoms with Gasteiger partial charge in [0.05, 0.1) is 23.6 Å². The second kappa shape index (κ2) is 11.6. The van der Waals surface area contributed by atoms with Crippen molar-refractivity contribution in [3.63, 3.8) is 0 Å². The molecule has 202 valence electrons. The maximum atomic E-state index is 13.8. The van der Waals surface area contributed by atoms with Gasteiger partial charge in [-0.15, -0.1) is 11.3 Å². The van der Waals surface area contributed by atoms with E-state index < -0.39 is 10.0 Å². The molecule has 1 aromatic heterocycles. The molecule has 2 atom stereocenters. The van der Waals surface area contributed by atoms with Crippen LogP contribution in [-0.2, 0) is 26.0 Å². The number of aryl methyl sites for hydroxylation is 2. The number of hydrogen-bond donors (Lipinski definition) is 0. The summed E-state index contributed by atoms with van der Waals surface area (Å²) in [5.74, 6) is 0.514. The van der Waals surface area contributed by atoms with E-state index in [4.69, 9.17) is 9.47 Å². The van der Waals surface area contributed by atoms with Gasteiger partial charge in [-0.1, -0.05) is 35.4 Å². The molecule has 5 rings (SSSR count). The van der Waals surface area contributed by atoms with E-state index in [9.17, 15) is 13.2 Å². The molecule has 2 aliphatic heterocycles. The number of nitrogens with zero attached hydrogens (tertiary/aromatic N) is 2. The standard InChI is InChI=1S/C29H34N2O5S2/c1-21-5-9-23(10-6-21)36-20-27-26-14-17-37-28(26)13-15-31(27)29(32)19-30(18-24-4-3-16-35-24)38(33,34)25-11-7-22(2)8-12-25/h5-12,14,17,24,27H,3-4,13,15-16,18-20H2,1-2H3/t24-,27-/m1/s1. The van der Waals surface area contributed by atoms with Gasteiger partial charge in [-0.05, 0) is 74.4 Å². The third-order valence-electron chi connectivity index (χ3n) is 7.25. The molecule has 0 bridgehead atoms. The zero-order valence-corrected chi connectivity index (χ0v) is 23.5. The molecular formula is C29H34N2O5S2. The summed E-state index contributed by atoms with van der Waals surface area (Å²) in [6.07, 6.45) is 2.20. The molecule has 9 heteroatoms. The van der Waals surface area contributed by atoms with Gasteiger partial charge in [0, 0.05) is 24.6 Å². The number of hydrogen-bond acceptors (Lipinski definition) is 6. The van der Waals surface area contributed by atoms with Crippen molar-refractivity contribution in [2.45, 2.75) is 50.2 Å². The highest BCUT2D eigenvalue weighted by Gasteiger charge is 2.36. The molecule has 1 fully saturated rings. The Hall–Kier alpha value is -2.72. The number of benzene rings is 2. The average molecular weight is 555 g/mol. The molecule has 2 aliphatic rings. The predicted octanol–water partition coefficient (Wildman–Crippen LogP) is 4.74. The van der Waals surface area contributed by atoms with Gasteiger partial charge in [0.2, 0.25) is 15.9 Å². The van der Waals surface area contributed by atoms with E-state index in [1.54, 1.807) is 40.5 Å². The summed E-state index contributed by atoms with van der Waals surface area (Å²) in [6, 6.07) is 16.4. The van der Waals surface area contributed by atoms with Gasteiger partial charge in [-0.25, -0.2) is 8.42 Å². The predicted molar refractivity (Wildman–Crippen MR) is 148 cm³/mol. The Balaban J connectivity index is 1.38. The monoisotopic (exact) mass is 554 g/mol. The van der Waals surface area contributed by atoms with E-state index >= 15 is 0 Å². The van der Waals surface area contributed by atoms with Gasteiger partial charge in [0.15, 0.2) is 0 Å². The van der Waals surface area contributed by atoms with Gasteiger partial charge in [-0.2, -0.15) is 4.31 Å². The Morgan fingerprint density at radius 2 is 1.79 bits per heavy atom. The number of rotatable bonds is 9. The molecule has 38 heavy (non-hydrogen) atoms. The number of sulfonamides is 1. The molecule has 0 spiro atoms. The second-order valence-electron chi connectivity index (χ2n) is 10.0. The van der Waals surface area contributed by atoms with Crippen LogP contribution < -0.4 is 4.74 Å². The summed E-state index contributed by atoms with van der Waals surface area (Å²) < 4.78 is 40.6. The number of amides is 1. The van der Waals surface area contributed by atoms with E-state index in [1.807, 2.05) is 43.5 Å². The molecule has 0 aliphatic carbocycles. The van der Waals surface area contributed by atoms with Gasteiger partial charge in [0.25, 0.3) is 0 Å². The molecule has 0 unspecified atom stereocenters. The van der Waals surface area contributed by atoms with E-state index in [0.29, 0.717) is 19.8 Å². The largest absolute Gasteiger partial charge is 0.491 e. The van der Waals surface area contributed by atoms with E-state index in [-0.39, 0.29) is 36.0 Å². The SMILES string of the molecule is Cc1ccc(OC[C@@H]2c3ccsc3CCN2C(=O)CN(C[C@H]2CCCO2)S(=O)(=O)c2ccc(C)cc2)cc1. The normalized spacial score (nSPS) is 19.5. The highest BCUT2D eigenvalue weighted by molar-refractivity contribution is 7.89. The van der Waals surface area contributed by atoms with Crippen LogP contribution >= 0.6 is 11.3 Å². The van der Waals surface area contributed by atoms with Gasteiger partial charge in [0.1, 0.15) is 12.4 Å². The van der Waals surface area contributed by atoms with Crippen LogP contribution in [0, 0.1) is 13.8 Å². The number of carbonyl (C=O) groups excluding carboxylic acids is 1. The lowest BCUT2D eigenvalue weighted by Crippen LogP contribution is -2.49. The lowest BCUT2D eigenvalue weighted by Gasteiger charge is -2.37. The summed E-state index contributed by atoms with van der Waals surface area (Å²) in [6.45, 7) is 5.29. The zero-order chi connectivity index (χ0) is 26.7. The summed E-state index contributed by atoms with van der Waals surface area (Å²) in [4.78, 5) is 17.1. The van der Waals surface area contributed by atoms with Crippen LogP contribution in [0.3, 0.4) is 0 Å². The van der Waals surface area contributed by atoms with Crippen molar-refractivity contribution in [2.75, 3.05) is 32.8 Å². The van der Waals surface area contributed by atoms with E-state index in [2.05, 4.69) is 6.07 Å². The Bertz CT molecular complexity index is 1350. The van der Waals surface area contributed by atoms with Crippen molar-refractivity contribution in [2.24, 2.45) is 0 Å². The fourth-order valence-corrected chi connectivity index (χ4v) is 7.40. The minimum absolute atomic E-state index is 0.157. The van der Waals surface area contributed by atoms with Crippen molar-refractivity contribution < 1.29 is 22.7 Å². The van der Waals surface area contributed by atoms with E-state index in [0.717, 1.165) is 41.7 Å². The minimum atomic E-state index is -3.89. The first kappa shape index (κ1) is 26.9. The molecule has 1 amide bonds. The average Bonchev–Trinajstić information content (AvgIpc) is 3.60. The molecule has 3 heterocycles. The fraction of sp³-hybridized carbons (Fsp3) is 0.414. The Morgan fingerprint density at radius 3 is 2.47 bits per heavy atom. The lowest BCUT2D eigenvalue weighted by molar-refractivity contribution is -0.135. The molecule has 7 nitrogen and oxygen atoms in total. The molecule has 2 aromatic carbocycles. The van der Waals surface area contributed by atoms with Crippen LogP contribution in [0.2, 0.25) is 0 Å². The summed E-state index contributed by atoms with van der Waals surface area (Å²) >= 11 is 1.69. The second-order valence-corrected chi connectivity index (χ2v) is 13.0. The van der Waals surface area contributed by atoms with E-state index in [1.165, 1.54) is 9.18 Å². The van der Waals surface area contributed by atoms with Crippen LogP contribution in [0.4, 0.5) is 0 Å². The van der Waals surface area contributed by atoms with Gasteiger partial charge >= 0.3 is 0 Å². The maximum Gasteiger partial charge on any atom is 0.243 e. The Labute approximate surface area is 229 Å². The molecular weight excluding hydrogens is 520 g/mol. The van der Waals surface area contributed by atoms with Crippen molar-refractivity contribution in [1.29, 1.82) is 0 Å². The van der Waals surface area contributed by atoms with Gasteiger partial charge in [-0.3, -0.25) is 4.79 Å². The minimum Gasteiger partial charge on any atom is -0.491 e. The molecule has 3 aromatic rings. The summed E-state index contributed by atoms with van der Waals surface area (Å²) in [5.41, 5.74) is 3.20. The maximum absolute atomic E-state index is 13.8. The summed E-state index contributed by atoms with van der Waals surface area (Å²) in [5, 5.41) is 2.04. The molecule has 0 saturated carbocycles. The van der Waals surface area contributed by atoms with Crippen LogP contribution in [0.1, 0.15) is 40.5 Å². The van der Waals surface area contributed by atoms with Gasteiger partial charge < -0.3 is 14.4 Å². The quantitative estimate of drug-likeness (QED) is 0.382. The molecule has 1 saturated heterocycles.